The fourth-order valence-corrected chi connectivity index (χ4v) is 4.21. The molecule has 1 heterocycles. The zero-order valence-electron chi connectivity index (χ0n) is 11.4. The number of morpholine rings is 1. The van der Waals surface area contributed by atoms with E-state index in [9.17, 15) is 0 Å². The molecule has 2 unspecified atom stereocenters. The molecule has 2 atom stereocenters. The third-order valence-corrected chi connectivity index (χ3v) is 5.77. The molecule has 0 aromatic rings. The molecule has 1 aliphatic heterocycles. The number of hydrogen-bond donors (Lipinski definition) is 1. The van der Waals surface area contributed by atoms with Crippen LogP contribution in [0.4, 0.5) is 0 Å². The lowest BCUT2D eigenvalue weighted by atomic mass is 9.67. The third-order valence-electron chi connectivity index (χ3n) is 5.77. The summed E-state index contributed by atoms with van der Waals surface area (Å²) in [7, 11) is 0. The van der Waals surface area contributed by atoms with Crippen LogP contribution in [-0.4, -0.2) is 24.3 Å². The normalized spacial score (nSPS) is 39.9. The van der Waals surface area contributed by atoms with Crippen LogP contribution < -0.4 is 5.32 Å². The molecule has 0 aromatic heterocycles. The van der Waals surface area contributed by atoms with Gasteiger partial charge in [0.2, 0.25) is 0 Å². The van der Waals surface area contributed by atoms with E-state index in [1.807, 2.05) is 0 Å². The zero-order chi connectivity index (χ0) is 11.9. The summed E-state index contributed by atoms with van der Waals surface area (Å²) in [6.45, 7) is 5.53. The van der Waals surface area contributed by atoms with Gasteiger partial charge < -0.3 is 10.1 Å². The van der Waals surface area contributed by atoms with E-state index < -0.39 is 0 Å². The first-order valence-corrected chi connectivity index (χ1v) is 7.54. The van der Waals surface area contributed by atoms with Crippen molar-refractivity contribution in [1.82, 2.24) is 5.32 Å². The van der Waals surface area contributed by atoms with Gasteiger partial charge in [-0.2, -0.15) is 0 Å². The number of rotatable bonds is 0. The largest absolute Gasteiger partial charge is 0.369 e. The molecule has 17 heavy (non-hydrogen) atoms. The Balaban J connectivity index is 1.64. The molecule has 0 bridgehead atoms. The molecular weight excluding hydrogens is 210 g/mol. The molecule has 2 nitrogen and oxygen atoms in total. The van der Waals surface area contributed by atoms with Crippen molar-refractivity contribution in [3.8, 4) is 0 Å². The van der Waals surface area contributed by atoms with Gasteiger partial charge in [-0.05, 0) is 57.8 Å². The molecule has 2 saturated carbocycles. The summed E-state index contributed by atoms with van der Waals surface area (Å²) in [5, 5.41) is 3.65. The van der Waals surface area contributed by atoms with Crippen LogP contribution in [0.3, 0.4) is 0 Å². The van der Waals surface area contributed by atoms with Crippen molar-refractivity contribution in [1.29, 1.82) is 0 Å². The molecule has 0 radical (unpaired) electrons. The van der Waals surface area contributed by atoms with Gasteiger partial charge in [0.15, 0.2) is 0 Å². The minimum atomic E-state index is 0.180. The molecule has 3 aliphatic rings. The SMILES string of the molecule is CC1NCC2(CCC3(CCCC3)CC2)OC1C. The van der Waals surface area contributed by atoms with E-state index in [1.165, 1.54) is 51.4 Å². The summed E-state index contributed by atoms with van der Waals surface area (Å²) < 4.78 is 6.37. The van der Waals surface area contributed by atoms with Gasteiger partial charge in [0, 0.05) is 12.6 Å². The molecular formula is C15H27NO. The maximum Gasteiger partial charge on any atom is 0.0811 e. The van der Waals surface area contributed by atoms with E-state index >= 15 is 0 Å². The second-order valence-corrected chi connectivity index (χ2v) is 6.88. The lowest BCUT2D eigenvalue weighted by Gasteiger charge is -2.50. The van der Waals surface area contributed by atoms with Gasteiger partial charge in [0.05, 0.1) is 11.7 Å². The minimum Gasteiger partial charge on any atom is -0.369 e. The molecule has 1 N–H and O–H groups in total. The molecule has 0 amide bonds. The summed E-state index contributed by atoms with van der Waals surface area (Å²) in [6.07, 6.45) is 11.7. The number of ether oxygens (including phenoxy) is 1. The maximum atomic E-state index is 6.37. The van der Waals surface area contributed by atoms with Crippen LogP contribution in [0.5, 0.6) is 0 Å². The van der Waals surface area contributed by atoms with Crippen molar-refractivity contribution in [3.05, 3.63) is 0 Å². The summed E-state index contributed by atoms with van der Waals surface area (Å²) in [5.74, 6) is 0. The van der Waals surface area contributed by atoms with Crippen molar-refractivity contribution < 1.29 is 4.74 Å². The van der Waals surface area contributed by atoms with E-state index in [2.05, 4.69) is 19.2 Å². The Morgan fingerprint density at radius 1 is 0.941 bits per heavy atom. The predicted octanol–water partition coefficient (Wildman–Crippen LogP) is 3.26. The van der Waals surface area contributed by atoms with Gasteiger partial charge in [-0.25, -0.2) is 0 Å². The third kappa shape index (κ3) is 2.15. The Kier molecular flexibility index (Phi) is 2.99. The van der Waals surface area contributed by atoms with Crippen LogP contribution in [0.15, 0.2) is 0 Å². The second-order valence-electron chi connectivity index (χ2n) is 6.88. The minimum absolute atomic E-state index is 0.180. The van der Waals surface area contributed by atoms with Gasteiger partial charge in [-0.1, -0.05) is 12.8 Å². The lowest BCUT2D eigenvalue weighted by Crippen LogP contribution is -2.59. The fraction of sp³-hybridized carbons (Fsp3) is 1.00. The standard InChI is InChI=1S/C15H27NO/c1-12-13(2)17-15(11-16-12)9-7-14(8-10-15)5-3-4-6-14/h12-13,16H,3-11H2,1-2H3. The Hall–Kier alpha value is -0.0800. The van der Waals surface area contributed by atoms with Gasteiger partial charge in [-0.15, -0.1) is 0 Å². The van der Waals surface area contributed by atoms with Crippen LogP contribution in [0, 0.1) is 5.41 Å². The van der Waals surface area contributed by atoms with E-state index in [4.69, 9.17) is 4.74 Å². The smallest absolute Gasteiger partial charge is 0.0811 e. The summed E-state index contributed by atoms with van der Waals surface area (Å²) in [4.78, 5) is 0. The molecule has 3 rings (SSSR count). The van der Waals surface area contributed by atoms with Gasteiger partial charge >= 0.3 is 0 Å². The van der Waals surface area contributed by atoms with E-state index in [0.29, 0.717) is 12.1 Å². The molecule has 0 aromatic carbocycles. The number of nitrogens with one attached hydrogen (secondary N) is 1. The quantitative estimate of drug-likeness (QED) is 0.698. The fourth-order valence-electron chi connectivity index (χ4n) is 4.21. The highest BCUT2D eigenvalue weighted by atomic mass is 16.5. The Bertz CT molecular complexity index is 273. The highest BCUT2D eigenvalue weighted by Gasteiger charge is 2.46. The van der Waals surface area contributed by atoms with Crippen LogP contribution in [0.1, 0.15) is 65.2 Å². The lowest BCUT2D eigenvalue weighted by molar-refractivity contribution is -0.154. The van der Waals surface area contributed by atoms with E-state index in [0.717, 1.165) is 12.0 Å². The Labute approximate surface area is 105 Å². The highest BCUT2D eigenvalue weighted by Crippen LogP contribution is 2.52. The average molecular weight is 237 g/mol. The average Bonchev–Trinajstić information content (AvgIpc) is 2.78. The summed E-state index contributed by atoms with van der Waals surface area (Å²) in [5.41, 5.74) is 0.903. The monoisotopic (exact) mass is 237 g/mol. The number of hydrogen-bond acceptors (Lipinski definition) is 2. The first-order chi connectivity index (χ1) is 8.13. The zero-order valence-corrected chi connectivity index (χ0v) is 11.4. The molecule has 3 fully saturated rings. The highest BCUT2D eigenvalue weighted by molar-refractivity contribution is 5.00. The molecule has 2 heteroatoms. The summed E-state index contributed by atoms with van der Waals surface area (Å²) >= 11 is 0. The molecule has 2 aliphatic carbocycles. The topological polar surface area (TPSA) is 21.3 Å². The Morgan fingerprint density at radius 2 is 1.59 bits per heavy atom. The van der Waals surface area contributed by atoms with Crippen molar-refractivity contribution >= 4 is 0 Å². The molecule has 1 saturated heterocycles. The van der Waals surface area contributed by atoms with E-state index in [1.54, 1.807) is 0 Å². The van der Waals surface area contributed by atoms with Crippen LogP contribution in [0.25, 0.3) is 0 Å². The van der Waals surface area contributed by atoms with Crippen LogP contribution >= 0.6 is 0 Å². The molecule has 98 valence electrons. The van der Waals surface area contributed by atoms with Crippen LogP contribution in [0.2, 0.25) is 0 Å². The predicted molar refractivity (Wildman–Crippen MR) is 70.1 cm³/mol. The van der Waals surface area contributed by atoms with Crippen LogP contribution in [-0.2, 0) is 4.74 Å². The summed E-state index contributed by atoms with van der Waals surface area (Å²) in [6, 6.07) is 0.517. The van der Waals surface area contributed by atoms with Gasteiger partial charge in [-0.3, -0.25) is 0 Å². The van der Waals surface area contributed by atoms with Crippen molar-refractivity contribution in [3.63, 3.8) is 0 Å². The van der Waals surface area contributed by atoms with Crippen molar-refractivity contribution in [2.24, 2.45) is 5.41 Å². The first-order valence-electron chi connectivity index (χ1n) is 7.54. The second kappa shape index (κ2) is 4.24. The van der Waals surface area contributed by atoms with Gasteiger partial charge in [0.1, 0.15) is 0 Å². The first kappa shape index (κ1) is 12.0. The maximum absolute atomic E-state index is 6.37. The van der Waals surface area contributed by atoms with Gasteiger partial charge in [0.25, 0.3) is 0 Å². The van der Waals surface area contributed by atoms with Crippen molar-refractivity contribution in [2.75, 3.05) is 6.54 Å². The van der Waals surface area contributed by atoms with Crippen molar-refractivity contribution in [2.45, 2.75) is 83.0 Å². The van der Waals surface area contributed by atoms with E-state index in [-0.39, 0.29) is 5.60 Å². The molecule has 2 spiro atoms. The Morgan fingerprint density at radius 3 is 2.18 bits per heavy atom.